The van der Waals surface area contributed by atoms with E-state index in [1.165, 1.54) is 0 Å². The molecule has 0 aliphatic rings. The minimum atomic E-state index is 0.456. The quantitative estimate of drug-likeness (QED) is 0.572. The van der Waals surface area contributed by atoms with Gasteiger partial charge in [0, 0.05) is 17.0 Å². The molecule has 0 amide bonds. The van der Waals surface area contributed by atoms with Gasteiger partial charge in [-0.15, -0.1) is 0 Å². The van der Waals surface area contributed by atoms with Gasteiger partial charge in [-0.1, -0.05) is 18.5 Å². The lowest BCUT2D eigenvalue weighted by molar-refractivity contribution is 0.574. The van der Waals surface area contributed by atoms with Crippen molar-refractivity contribution in [2.45, 2.75) is 13.3 Å². The van der Waals surface area contributed by atoms with Crippen LogP contribution in [0, 0.1) is 4.77 Å². The van der Waals surface area contributed by atoms with Gasteiger partial charge in [-0.05, 0) is 48.6 Å². The molecule has 22 heavy (non-hydrogen) atoms. The van der Waals surface area contributed by atoms with Gasteiger partial charge < -0.3 is 4.42 Å². The molecule has 0 radical (unpaired) electrons. The standard InChI is InChI=1S/C15H13ClN4OS/c1-2-14-18-19-15(22)20(14)17-9-12-7-8-13(21-12)10-3-5-11(16)6-4-10/h3-9H,2H2,1H3,(H,19,22)/b17-9+. The molecule has 3 aromatic rings. The summed E-state index contributed by atoms with van der Waals surface area (Å²) < 4.78 is 7.79. The van der Waals surface area contributed by atoms with Crippen molar-refractivity contribution < 1.29 is 4.42 Å². The lowest BCUT2D eigenvalue weighted by Crippen LogP contribution is -1.96. The summed E-state index contributed by atoms with van der Waals surface area (Å²) in [5.41, 5.74) is 0.957. The minimum Gasteiger partial charge on any atom is -0.455 e. The molecule has 3 rings (SSSR count). The van der Waals surface area contributed by atoms with Gasteiger partial charge in [0.1, 0.15) is 11.5 Å². The van der Waals surface area contributed by atoms with Crippen molar-refractivity contribution in [2.24, 2.45) is 5.10 Å². The van der Waals surface area contributed by atoms with Crippen molar-refractivity contribution in [1.82, 2.24) is 14.9 Å². The fraction of sp³-hybridized carbons (Fsp3) is 0.133. The number of halogens is 1. The molecule has 0 atom stereocenters. The fourth-order valence-electron chi connectivity index (χ4n) is 1.98. The van der Waals surface area contributed by atoms with E-state index >= 15 is 0 Å². The van der Waals surface area contributed by atoms with Crippen molar-refractivity contribution in [2.75, 3.05) is 0 Å². The van der Waals surface area contributed by atoms with Crippen LogP contribution >= 0.6 is 23.8 Å². The second kappa shape index (κ2) is 6.29. The SMILES string of the molecule is CCc1n[nH]c(=S)n1/N=C/c1ccc(-c2ccc(Cl)cc2)o1. The lowest BCUT2D eigenvalue weighted by Gasteiger charge is -1.97. The zero-order valence-electron chi connectivity index (χ0n) is 11.8. The van der Waals surface area contributed by atoms with E-state index < -0.39 is 0 Å². The Kier molecular flexibility index (Phi) is 4.22. The summed E-state index contributed by atoms with van der Waals surface area (Å²) in [5.74, 6) is 2.16. The van der Waals surface area contributed by atoms with Crippen LogP contribution in [-0.4, -0.2) is 21.1 Å². The van der Waals surface area contributed by atoms with Crippen molar-refractivity contribution in [3.63, 3.8) is 0 Å². The molecule has 112 valence electrons. The van der Waals surface area contributed by atoms with Crippen LogP contribution in [0.1, 0.15) is 18.5 Å². The van der Waals surface area contributed by atoms with E-state index in [0.717, 1.165) is 23.6 Å². The Morgan fingerprint density at radius 3 is 2.82 bits per heavy atom. The third-order valence-electron chi connectivity index (χ3n) is 3.09. The van der Waals surface area contributed by atoms with Crippen LogP contribution in [0.4, 0.5) is 0 Å². The van der Waals surface area contributed by atoms with Crippen LogP contribution < -0.4 is 0 Å². The molecule has 1 aromatic carbocycles. The third-order valence-corrected chi connectivity index (χ3v) is 3.61. The van der Waals surface area contributed by atoms with Gasteiger partial charge in [-0.2, -0.15) is 14.9 Å². The first-order valence-corrected chi connectivity index (χ1v) is 7.52. The number of aromatic nitrogens is 3. The average molecular weight is 333 g/mol. The predicted molar refractivity (Wildman–Crippen MR) is 88.9 cm³/mol. The lowest BCUT2D eigenvalue weighted by atomic mass is 10.2. The number of nitrogens with zero attached hydrogens (tertiary/aromatic N) is 3. The number of hydrogen-bond donors (Lipinski definition) is 1. The molecule has 7 heteroatoms. The van der Waals surface area contributed by atoms with Gasteiger partial charge in [0.25, 0.3) is 0 Å². The van der Waals surface area contributed by atoms with E-state index in [1.54, 1.807) is 10.9 Å². The number of rotatable bonds is 4. The molecule has 2 heterocycles. The Bertz CT molecular complexity index is 860. The van der Waals surface area contributed by atoms with E-state index in [-0.39, 0.29) is 0 Å². The van der Waals surface area contributed by atoms with Gasteiger partial charge in [0.15, 0.2) is 5.82 Å². The van der Waals surface area contributed by atoms with Gasteiger partial charge in [0.05, 0.1) is 6.21 Å². The number of nitrogens with one attached hydrogen (secondary N) is 1. The molecule has 0 bridgehead atoms. The van der Waals surface area contributed by atoms with Crippen LogP contribution in [0.25, 0.3) is 11.3 Å². The van der Waals surface area contributed by atoms with Crippen LogP contribution in [0.5, 0.6) is 0 Å². The molecule has 0 spiro atoms. The summed E-state index contributed by atoms with van der Waals surface area (Å²) in [7, 11) is 0. The molecule has 5 nitrogen and oxygen atoms in total. The Morgan fingerprint density at radius 2 is 2.09 bits per heavy atom. The first-order valence-electron chi connectivity index (χ1n) is 6.74. The molecule has 0 saturated heterocycles. The van der Waals surface area contributed by atoms with E-state index in [1.807, 2.05) is 43.3 Å². The first-order chi connectivity index (χ1) is 10.7. The molecule has 0 aliphatic carbocycles. The monoisotopic (exact) mass is 332 g/mol. The Balaban J connectivity index is 1.85. The van der Waals surface area contributed by atoms with Crippen molar-refractivity contribution >= 4 is 30.0 Å². The van der Waals surface area contributed by atoms with Gasteiger partial charge in [-0.3, -0.25) is 5.10 Å². The highest BCUT2D eigenvalue weighted by Crippen LogP contribution is 2.23. The molecular weight excluding hydrogens is 320 g/mol. The third kappa shape index (κ3) is 3.03. The van der Waals surface area contributed by atoms with Gasteiger partial charge in [-0.25, -0.2) is 0 Å². The van der Waals surface area contributed by atoms with E-state index in [4.69, 9.17) is 28.2 Å². The largest absolute Gasteiger partial charge is 0.455 e. The van der Waals surface area contributed by atoms with E-state index in [9.17, 15) is 0 Å². The zero-order chi connectivity index (χ0) is 15.5. The fourth-order valence-corrected chi connectivity index (χ4v) is 2.30. The maximum atomic E-state index is 5.88. The topological polar surface area (TPSA) is 59.1 Å². The normalized spacial score (nSPS) is 11.4. The van der Waals surface area contributed by atoms with Crippen LogP contribution in [0.15, 0.2) is 45.9 Å². The maximum Gasteiger partial charge on any atom is 0.216 e. The first kappa shape index (κ1) is 14.7. The molecule has 0 fully saturated rings. The number of H-pyrrole nitrogens is 1. The summed E-state index contributed by atoms with van der Waals surface area (Å²) in [6, 6.07) is 11.2. The maximum absolute atomic E-state index is 5.88. The smallest absolute Gasteiger partial charge is 0.216 e. The van der Waals surface area contributed by atoms with Crippen molar-refractivity contribution in [3.05, 3.63) is 57.8 Å². The average Bonchev–Trinajstić information content (AvgIpc) is 3.12. The van der Waals surface area contributed by atoms with Crippen LogP contribution in [0.3, 0.4) is 0 Å². The number of furan rings is 1. The van der Waals surface area contributed by atoms with E-state index in [0.29, 0.717) is 15.6 Å². The van der Waals surface area contributed by atoms with Crippen molar-refractivity contribution in [1.29, 1.82) is 0 Å². The highest BCUT2D eigenvalue weighted by atomic mass is 35.5. The second-order valence-corrected chi connectivity index (χ2v) is 5.39. The zero-order valence-corrected chi connectivity index (χ0v) is 13.4. The van der Waals surface area contributed by atoms with Gasteiger partial charge in [0.2, 0.25) is 4.77 Å². The highest BCUT2D eigenvalue weighted by Gasteiger charge is 2.05. The summed E-state index contributed by atoms with van der Waals surface area (Å²) in [4.78, 5) is 0. The van der Waals surface area contributed by atoms with Crippen LogP contribution in [0.2, 0.25) is 5.02 Å². The number of hydrogen-bond acceptors (Lipinski definition) is 4. The highest BCUT2D eigenvalue weighted by molar-refractivity contribution is 7.71. The minimum absolute atomic E-state index is 0.456. The molecule has 0 aliphatic heterocycles. The summed E-state index contributed by atoms with van der Waals surface area (Å²) in [5, 5.41) is 11.8. The number of aryl methyl sites for hydroxylation is 1. The number of benzene rings is 1. The van der Waals surface area contributed by atoms with Crippen molar-refractivity contribution in [3.8, 4) is 11.3 Å². The predicted octanol–water partition coefficient (Wildman–Crippen LogP) is 4.30. The second-order valence-electron chi connectivity index (χ2n) is 4.56. The Labute approximate surface area is 137 Å². The Hall–Kier alpha value is -2.18. The summed E-state index contributed by atoms with van der Waals surface area (Å²) in [6.45, 7) is 1.99. The van der Waals surface area contributed by atoms with Gasteiger partial charge >= 0.3 is 0 Å². The van der Waals surface area contributed by atoms with E-state index in [2.05, 4.69) is 15.3 Å². The number of aromatic amines is 1. The summed E-state index contributed by atoms with van der Waals surface area (Å²) >= 11 is 11.0. The summed E-state index contributed by atoms with van der Waals surface area (Å²) in [6.07, 6.45) is 2.35. The van der Waals surface area contributed by atoms with Crippen LogP contribution in [-0.2, 0) is 6.42 Å². The molecular formula is C15H13ClN4OS. The molecule has 0 unspecified atom stereocenters. The molecule has 2 aromatic heterocycles. The molecule has 1 N–H and O–H groups in total. The molecule has 0 saturated carbocycles. The Morgan fingerprint density at radius 1 is 1.32 bits per heavy atom.